The first kappa shape index (κ1) is 16.8. The van der Waals surface area contributed by atoms with Crippen molar-refractivity contribution in [3.05, 3.63) is 71.6 Å². The maximum absolute atomic E-state index is 13.3. The van der Waals surface area contributed by atoms with Gasteiger partial charge in [0, 0.05) is 23.5 Å². The summed E-state index contributed by atoms with van der Waals surface area (Å²) >= 11 is 0. The van der Waals surface area contributed by atoms with Crippen LogP contribution in [0.4, 0.5) is 31.8 Å². The van der Waals surface area contributed by atoms with Crippen molar-refractivity contribution in [2.75, 3.05) is 10.6 Å². The van der Waals surface area contributed by atoms with Crippen molar-refractivity contribution in [3.8, 4) is 0 Å². The number of halogens is 2. The number of rotatable bonds is 5. The van der Waals surface area contributed by atoms with Gasteiger partial charge in [-0.15, -0.1) is 0 Å². The Morgan fingerprint density at radius 3 is 2.00 bits per heavy atom. The molecule has 0 radical (unpaired) electrons. The third-order valence-corrected chi connectivity index (χ3v) is 3.66. The Bertz CT molecular complexity index is 879. The van der Waals surface area contributed by atoms with Crippen LogP contribution in [-0.2, 0) is 6.42 Å². The van der Waals surface area contributed by atoms with Crippen molar-refractivity contribution in [2.24, 2.45) is 0 Å². The normalized spacial score (nSPS) is 10.6. The molecule has 0 saturated heterocycles. The first-order valence-electron chi connectivity index (χ1n) is 7.97. The fourth-order valence-electron chi connectivity index (χ4n) is 2.39. The van der Waals surface area contributed by atoms with E-state index in [2.05, 4.69) is 39.7 Å². The molecule has 2 N–H and O–H groups in total. The summed E-state index contributed by atoms with van der Waals surface area (Å²) in [6.45, 7) is 3.87. The average Bonchev–Trinajstić information content (AvgIpc) is 2.58. The molecular weight excluding hydrogens is 322 g/mol. The lowest BCUT2D eigenvalue weighted by Crippen LogP contribution is -2.02. The summed E-state index contributed by atoms with van der Waals surface area (Å²) in [5.74, 6) is -0.138. The third kappa shape index (κ3) is 4.29. The van der Waals surface area contributed by atoms with E-state index in [9.17, 15) is 8.78 Å². The second kappa shape index (κ2) is 7.25. The summed E-state index contributed by atoms with van der Waals surface area (Å²) < 4.78 is 26.4. The minimum absolute atomic E-state index is 0.412. The summed E-state index contributed by atoms with van der Waals surface area (Å²) in [6.07, 6.45) is 0.981. The van der Waals surface area contributed by atoms with Gasteiger partial charge in [-0.05, 0) is 43.2 Å². The monoisotopic (exact) mass is 340 g/mol. The molecule has 1 aromatic heterocycles. The van der Waals surface area contributed by atoms with Gasteiger partial charge >= 0.3 is 0 Å². The van der Waals surface area contributed by atoms with Crippen LogP contribution in [0.2, 0.25) is 0 Å². The molecule has 0 aliphatic rings. The minimum Gasteiger partial charge on any atom is -0.340 e. The van der Waals surface area contributed by atoms with Crippen molar-refractivity contribution in [3.63, 3.8) is 0 Å². The van der Waals surface area contributed by atoms with Crippen molar-refractivity contribution < 1.29 is 8.78 Å². The lowest BCUT2D eigenvalue weighted by molar-refractivity contribution is 0.509. The number of hydrogen-bond acceptors (Lipinski definition) is 4. The number of hydrogen-bond donors (Lipinski definition) is 2. The van der Waals surface area contributed by atoms with E-state index in [-0.39, 0.29) is 0 Å². The van der Waals surface area contributed by atoms with Crippen LogP contribution in [0.15, 0.2) is 48.5 Å². The molecule has 3 aromatic rings. The maximum atomic E-state index is 13.3. The Morgan fingerprint density at radius 1 is 0.800 bits per heavy atom. The van der Waals surface area contributed by atoms with E-state index in [4.69, 9.17) is 0 Å². The largest absolute Gasteiger partial charge is 0.340 e. The van der Waals surface area contributed by atoms with Gasteiger partial charge in [0.2, 0.25) is 0 Å². The zero-order valence-electron chi connectivity index (χ0n) is 14.0. The highest BCUT2D eigenvalue weighted by Crippen LogP contribution is 2.22. The van der Waals surface area contributed by atoms with Gasteiger partial charge in [-0.2, -0.15) is 0 Å². The third-order valence-electron chi connectivity index (χ3n) is 3.66. The average molecular weight is 340 g/mol. The molecule has 4 nitrogen and oxygen atoms in total. The van der Waals surface area contributed by atoms with Gasteiger partial charge in [0.1, 0.15) is 17.5 Å². The Morgan fingerprint density at radius 2 is 1.40 bits per heavy atom. The fraction of sp³-hybridized carbons (Fsp3) is 0.158. The molecule has 3 rings (SSSR count). The highest BCUT2D eigenvalue weighted by Gasteiger charge is 2.06. The van der Waals surface area contributed by atoms with Crippen LogP contribution < -0.4 is 10.6 Å². The smallest absolute Gasteiger partial charge is 0.160 e. The van der Waals surface area contributed by atoms with Gasteiger partial charge in [-0.1, -0.05) is 19.1 Å². The van der Waals surface area contributed by atoms with Crippen LogP contribution in [0.1, 0.15) is 18.3 Å². The molecule has 1 heterocycles. The molecule has 0 unspecified atom stereocenters. The molecule has 0 aliphatic heterocycles. The van der Waals surface area contributed by atoms with Crippen molar-refractivity contribution >= 4 is 23.0 Å². The van der Waals surface area contributed by atoms with E-state index < -0.39 is 11.6 Å². The van der Waals surface area contributed by atoms with Gasteiger partial charge in [0.25, 0.3) is 0 Å². The first-order valence-corrected chi connectivity index (χ1v) is 7.97. The van der Waals surface area contributed by atoms with Gasteiger partial charge in [0.05, 0.1) is 0 Å². The zero-order valence-corrected chi connectivity index (χ0v) is 14.0. The SMILES string of the molecule is CCc1ccc(Nc2cc(Nc3ccc(F)c(F)c3)nc(C)n2)cc1. The van der Waals surface area contributed by atoms with Crippen molar-refractivity contribution in [1.29, 1.82) is 0 Å². The van der Waals surface area contributed by atoms with E-state index in [0.717, 1.165) is 24.2 Å². The van der Waals surface area contributed by atoms with Crippen LogP contribution in [0.25, 0.3) is 0 Å². The number of nitrogens with one attached hydrogen (secondary N) is 2. The van der Waals surface area contributed by atoms with Crippen LogP contribution >= 0.6 is 0 Å². The molecular formula is C19H18F2N4. The molecule has 0 atom stereocenters. The van der Waals surface area contributed by atoms with E-state index in [1.807, 2.05) is 12.1 Å². The molecule has 6 heteroatoms. The maximum Gasteiger partial charge on any atom is 0.160 e. The number of benzene rings is 2. The Balaban J connectivity index is 1.80. The van der Waals surface area contributed by atoms with Gasteiger partial charge < -0.3 is 10.6 Å². The number of aromatic nitrogens is 2. The molecule has 128 valence electrons. The Kier molecular flexibility index (Phi) is 4.88. The number of nitrogens with zero attached hydrogens (tertiary/aromatic N) is 2. The molecule has 0 fully saturated rings. The molecule has 0 amide bonds. The molecule has 25 heavy (non-hydrogen) atoms. The Labute approximate surface area is 145 Å². The van der Waals surface area contributed by atoms with Crippen LogP contribution in [0, 0.1) is 18.6 Å². The molecule has 0 spiro atoms. The lowest BCUT2D eigenvalue weighted by atomic mass is 10.1. The van der Waals surface area contributed by atoms with E-state index in [1.54, 1.807) is 13.0 Å². The first-order chi connectivity index (χ1) is 12.0. The standard InChI is InChI=1S/C19H18F2N4/c1-3-13-4-6-14(7-5-13)24-18-11-19(23-12(2)22-18)25-15-8-9-16(20)17(21)10-15/h4-11H,3H2,1-2H3,(H2,22,23,24,25). The molecule has 0 aliphatic carbocycles. The highest BCUT2D eigenvalue weighted by atomic mass is 19.2. The Hall–Kier alpha value is -3.02. The van der Waals surface area contributed by atoms with Gasteiger partial charge in [0.15, 0.2) is 11.6 Å². The summed E-state index contributed by atoms with van der Waals surface area (Å²) in [7, 11) is 0. The summed E-state index contributed by atoms with van der Waals surface area (Å²) in [5, 5.41) is 6.18. The van der Waals surface area contributed by atoms with Crippen molar-refractivity contribution in [1.82, 2.24) is 9.97 Å². The number of aryl methyl sites for hydroxylation is 2. The van der Waals surface area contributed by atoms with Gasteiger partial charge in [-0.25, -0.2) is 18.7 Å². The lowest BCUT2D eigenvalue weighted by Gasteiger charge is -2.11. The highest BCUT2D eigenvalue weighted by molar-refractivity contribution is 5.63. The zero-order chi connectivity index (χ0) is 17.8. The predicted octanol–water partition coefficient (Wildman–Crippen LogP) is 5.11. The van der Waals surface area contributed by atoms with Crippen LogP contribution in [-0.4, -0.2) is 9.97 Å². The van der Waals surface area contributed by atoms with Crippen molar-refractivity contribution in [2.45, 2.75) is 20.3 Å². The van der Waals surface area contributed by atoms with E-state index in [1.165, 1.54) is 11.6 Å². The van der Waals surface area contributed by atoms with Crippen LogP contribution in [0.3, 0.4) is 0 Å². The number of anilines is 4. The van der Waals surface area contributed by atoms with Gasteiger partial charge in [-0.3, -0.25) is 0 Å². The molecule has 2 aromatic carbocycles. The fourth-order valence-corrected chi connectivity index (χ4v) is 2.39. The second-order valence-corrected chi connectivity index (χ2v) is 5.62. The second-order valence-electron chi connectivity index (χ2n) is 5.62. The minimum atomic E-state index is -0.912. The van der Waals surface area contributed by atoms with E-state index >= 15 is 0 Å². The van der Waals surface area contributed by atoms with E-state index in [0.29, 0.717) is 23.1 Å². The summed E-state index contributed by atoms with van der Waals surface area (Å²) in [6, 6.07) is 13.4. The summed E-state index contributed by atoms with van der Waals surface area (Å²) in [4.78, 5) is 8.62. The quantitative estimate of drug-likeness (QED) is 0.677. The molecule has 0 bridgehead atoms. The summed E-state index contributed by atoms with van der Waals surface area (Å²) in [5.41, 5.74) is 2.58. The molecule has 0 saturated carbocycles. The van der Waals surface area contributed by atoms with Crippen LogP contribution in [0.5, 0.6) is 0 Å². The topological polar surface area (TPSA) is 49.8 Å². The predicted molar refractivity (Wildman–Crippen MR) is 95.5 cm³/mol.